The Bertz CT molecular complexity index is 285. The molecule has 5 heteroatoms. The Balaban J connectivity index is 2.76. The summed E-state index contributed by atoms with van der Waals surface area (Å²) in [5.74, 6) is -0.223. The van der Waals surface area contributed by atoms with Crippen LogP contribution in [0.5, 0.6) is 0 Å². The number of carbonyl (C=O) groups is 1. The molecule has 1 fully saturated rings. The fraction of sp³-hybridized carbons (Fsp3) is 0.933. The molecule has 0 radical (unpaired) electrons. The van der Waals surface area contributed by atoms with Crippen LogP contribution < -0.4 is 5.73 Å². The second kappa shape index (κ2) is 9.32. The Morgan fingerprint density at radius 3 is 2.50 bits per heavy atom. The molecule has 0 spiro atoms. The van der Waals surface area contributed by atoms with Crippen LogP contribution in [0.25, 0.3) is 0 Å². The van der Waals surface area contributed by atoms with E-state index in [1.807, 2.05) is 6.92 Å². The summed E-state index contributed by atoms with van der Waals surface area (Å²) in [7, 11) is 0. The first-order valence-electron chi connectivity index (χ1n) is 7.86. The summed E-state index contributed by atoms with van der Waals surface area (Å²) in [5, 5.41) is 0. The monoisotopic (exact) mass is 288 g/mol. The molecule has 0 amide bonds. The highest BCUT2D eigenvalue weighted by atomic mass is 16.6. The number of rotatable bonds is 6. The van der Waals surface area contributed by atoms with Crippen molar-refractivity contribution in [1.82, 2.24) is 0 Å². The van der Waals surface area contributed by atoms with Gasteiger partial charge < -0.3 is 19.9 Å². The van der Waals surface area contributed by atoms with E-state index in [9.17, 15) is 4.79 Å². The number of hydrogen-bond donors (Lipinski definition) is 1. The van der Waals surface area contributed by atoms with Crippen LogP contribution in [0, 0.1) is 0 Å². The van der Waals surface area contributed by atoms with E-state index >= 15 is 0 Å². The number of hydrogen-bond acceptors (Lipinski definition) is 4. The van der Waals surface area contributed by atoms with Crippen LogP contribution in [-0.4, -0.2) is 43.5 Å². The first-order valence-corrected chi connectivity index (χ1v) is 7.86. The molecular weight excluding hydrogens is 258 g/mol. The summed E-state index contributed by atoms with van der Waals surface area (Å²) in [4.78, 5) is 11.9. The Labute approximate surface area is 122 Å². The molecule has 118 valence electrons. The highest BCUT2D eigenvalue weighted by molar-refractivity contribution is 5.74. The van der Waals surface area contributed by atoms with Crippen molar-refractivity contribution in [2.24, 2.45) is 0 Å². The molecule has 1 rings (SSSR count). The second-order valence-electron chi connectivity index (χ2n) is 5.51. The first-order chi connectivity index (χ1) is 9.60. The highest BCUT2D eigenvalue weighted by Crippen LogP contribution is 2.21. The average molecular weight is 288 g/mol. The van der Waals surface area contributed by atoms with Gasteiger partial charge in [-0.25, -0.2) is 4.79 Å². The van der Waals surface area contributed by atoms with Gasteiger partial charge >= 0.3 is 5.97 Å². The van der Waals surface area contributed by atoms with E-state index in [1.54, 1.807) is 0 Å². The number of cyclic esters (lactones) is 1. The highest BCUT2D eigenvalue weighted by Gasteiger charge is 2.34. The maximum atomic E-state index is 11.9. The molecule has 0 aromatic heterocycles. The smallest absolute Gasteiger partial charge is 0.365 e. The van der Waals surface area contributed by atoms with Crippen LogP contribution in [0.1, 0.15) is 52.9 Å². The van der Waals surface area contributed by atoms with E-state index in [1.165, 1.54) is 0 Å². The zero-order chi connectivity index (χ0) is 15.0. The fourth-order valence-corrected chi connectivity index (χ4v) is 2.44. The number of esters is 1. The third-order valence-electron chi connectivity index (χ3n) is 3.56. The molecule has 1 heterocycles. The quantitative estimate of drug-likeness (QED) is 0.748. The molecule has 1 aliphatic heterocycles. The molecule has 3 N–H and O–H groups in total. The predicted octanol–water partition coefficient (Wildman–Crippen LogP) is 1.30. The normalized spacial score (nSPS) is 32.1. The first kappa shape index (κ1) is 17.4. The van der Waals surface area contributed by atoms with E-state index in [-0.39, 0.29) is 30.3 Å². The van der Waals surface area contributed by atoms with Gasteiger partial charge in [-0.15, -0.1) is 0 Å². The zero-order valence-corrected chi connectivity index (χ0v) is 13.1. The molecule has 1 saturated heterocycles. The summed E-state index contributed by atoms with van der Waals surface area (Å²) < 4.78 is 17.3. The Morgan fingerprint density at radius 2 is 1.85 bits per heavy atom. The van der Waals surface area contributed by atoms with Crippen LogP contribution in [0.4, 0.5) is 0 Å². The SMILES string of the molecule is CCCO[C@H]1[C@H](C)OC(=O)[C@@H]([NH3+])CCC[C@@H]1OCCC. The van der Waals surface area contributed by atoms with Gasteiger partial charge in [0.1, 0.15) is 12.2 Å². The zero-order valence-electron chi connectivity index (χ0n) is 13.1. The minimum Gasteiger partial charge on any atom is -0.455 e. The van der Waals surface area contributed by atoms with Gasteiger partial charge in [-0.05, 0) is 32.6 Å². The van der Waals surface area contributed by atoms with E-state index in [0.717, 1.165) is 32.1 Å². The molecule has 0 bridgehead atoms. The third-order valence-corrected chi connectivity index (χ3v) is 3.56. The molecular formula is C15H30NO4+. The molecule has 0 aliphatic carbocycles. The van der Waals surface area contributed by atoms with Crippen LogP contribution in [-0.2, 0) is 19.0 Å². The lowest BCUT2D eigenvalue weighted by Crippen LogP contribution is -2.65. The molecule has 5 nitrogen and oxygen atoms in total. The number of carbonyl (C=O) groups excluding carboxylic acids is 1. The molecule has 1 aliphatic rings. The summed E-state index contributed by atoms with van der Waals surface area (Å²) in [6.07, 6.45) is 3.98. The van der Waals surface area contributed by atoms with Crippen molar-refractivity contribution in [3.05, 3.63) is 0 Å². The van der Waals surface area contributed by atoms with Gasteiger partial charge in [0.15, 0.2) is 6.04 Å². The topological polar surface area (TPSA) is 72.4 Å². The maximum Gasteiger partial charge on any atom is 0.365 e. The lowest BCUT2D eigenvalue weighted by molar-refractivity contribution is -0.410. The minimum absolute atomic E-state index is 0.00500. The molecule has 0 aromatic rings. The Morgan fingerprint density at radius 1 is 1.20 bits per heavy atom. The molecule has 4 atom stereocenters. The predicted molar refractivity (Wildman–Crippen MR) is 76.1 cm³/mol. The van der Waals surface area contributed by atoms with Crippen molar-refractivity contribution >= 4 is 5.97 Å². The van der Waals surface area contributed by atoms with Crippen LogP contribution in [0.3, 0.4) is 0 Å². The van der Waals surface area contributed by atoms with Gasteiger partial charge in [0, 0.05) is 19.6 Å². The van der Waals surface area contributed by atoms with Gasteiger partial charge in [-0.1, -0.05) is 13.8 Å². The van der Waals surface area contributed by atoms with Crippen LogP contribution >= 0.6 is 0 Å². The van der Waals surface area contributed by atoms with E-state index in [2.05, 4.69) is 19.6 Å². The van der Waals surface area contributed by atoms with E-state index in [0.29, 0.717) is 13.2 Å². The minimum atomic E-state index is -0.293. The van der Waals surface area contributed by atoms with Gasteiger partial charge in [0.2, 0.25) is 0 Å². The largest absolute Gasteiger partial charge is 0.455 e. The van der Waals surface area contributed by atoms with Crippen molar-refractivity contribution in [3.63, 3.8) is 0 Å². The Kier molecular flexibility index (Phi) is 8.11. The van der Waals surface area contributed by atoms with Gasteiger partial charge in [-0.3, -0.25) is 0 Å². The van der Waals surface area contributed by atoms with Crippen molar-refractivity contribution in [1.29, 1.82) is 0 Å². The van der Waals surface area contributed by atoms with Crippen molar-refractivity contribution in [2.45, 2.75) is 77.2 Å². The second-order valence-corrected chi connectivity index (χ2v) is 5.51. The van der Waals surface area contributed by atoms with Gasteiger partial charge in [0.05, 0.1) is 6.10 Å². The fourth-order valence-electron chi connectivity index (χ4n) is 2.44. The number of quaternary nitrogens is 1. The van der Waals surface area contributed by atoms with E-state index in [4.69, 9.17) is 14.2 Å². The lowest BCUT2D eigenvalue weighted by atomic mass is 10.0. The maximum absolute atomic E-state index is 11.9. The molecule has 0 unspecified atom stereocenters. The molecule has 0 aromatic carbocycles. The average Bonchev–Trinajstić information content (AvgIpc) is 2.47. The lowest BCUT2D eigenvalue weighted by Gasteiger charge is -2.30. The summed E-state index contributed by atoms with van der Waals surface area (Å²) in [6.45, 7) is 7.42. The molecule has 20 heavy (non-hydrogen) atoms. The summed E-state index contributed by atoms with van der Waals surface area (Å²) >= 11 is 0. The van der Waals surface area contributed by atoms with Crippen LogP contribution in [0.15, 0.2) is 0 Å². The van der Waals surface area contributed by atoms with Crippen molar-refractivity contribution in [2.75, 3.05) is 13.2 Å². The Hall–Kier alpha value is -0.650. The summed E-state index contributed by atoms with van der Waals surface area (Å²) in [5.41, 5.74) is 3.87. The molecule has 0 saturated carbocycles. The van der Waals surface area contributed by atoms with Gasteiger partial charge in [-0.2, -0.15) is 0 Å². The summed E-state index contributed by atoms with van der Waals surface area (Å²) in [6, 6.07) is -0.283. The standard InChI is InChI=1S/C15H29NO4/c1-4-9-18-13-8-6-7-12(16)15(17)20-11(3)14(13)19-10-5-2/h11-14H,4-10,16H2,1-3H3/p+1/t11-,12-,13-,14-/m0/s1. The number of ether oxygens (including phenoxy) is 3. The van der Waals surface area contributed by atoms with E-state index < -0.39 is 0 Å². The van der Waals surface area contributed by atoms with Crippen LogP contribution in [0.2, 0.25) is 0 Å². The third kappa shape index (κ3) is 5.38. The van der Waals surface area contributed by atoms with Gasteiger partial charge in [0.25, 0.3) is 0 Å². The van der Waals surface area contributed by atoms with Crippen molar-refractivity contribution in [3.8, 4) is 0 Å². The van der Waals surface area contributed by atoms with Crippen molar-refractivity contribution < 1.29 is 24.7 Å².